The smallest absolute Gasteiger partial charge is 0.164 e. The molecule has 0 aliphatic rings. The maximum Gasteiger partial charge on any atom is 0.164 e. The van der Waals surface area contributed by atoms with E-state index in [1.807, 2.05) is 0 Å². The number of aliphatic hydroxyl groups is 1. The Morgan fingerprint density at radius 3 is 2.20 bits per heavy atom. The zero-order valence-electron chi connectivity index (χ0n) is 9.15. The van der Waals surface area contributed by atoms with Crippen LogP contribution >= 0.6 is 0 Å². The molecule has 1 aromatic rings. The van der Waals surface area contributed by atoms with Crippen molar-refractivity contribution in [3.63, 3.8) is 0 Å². The van der Waals surface area contributed by atoms with Crippen LogP contribution in [0.2, 0.25) is 0 Å². The van der Waals surface area contributed by atoms with Gasteiger partial charge in [-0.1, -0.05) is 0 Å². The quantitative estimate of drug-likeness (QED) is 0.790. The second kappa shape index (κ2) is 4.89. The van der Waals surface area contributed by atoms with Crippen LogP contribution < -0.4 is 9.47 Å². The van der Waals surface area contributed by atoms with Crippen LogP contribution in [0.15, 0.2) is 12.1 Å². The molecule has 0 aromatic heterocycles. The SMILES string of the molecule is COc1cc(O)c(CC(C)O)cc1OC. The van der Waals surface area contributed by atoms with E-state index in [9.17, 15) is 10.2 Å². The van der Waals surface area contributed by atoms with Gasteiger partial charge in [-0.2, -0.15) is 0 Å². The molecule has 0 radical (unpaired) electrons. The van der Waals surface area contributed by atoms with Crippen molar-refractivity contribution in [2.24, 2.45) is 0 Å². The van der Waals surface area contributed by atoms with E-state index in [1.54, 1.807) is 13.0 Å². The molecule has 0 aliphatic carbocycles. The van der Waals surface area contributed by atoms with Crippen molar-refractivity contribution in [3.8, 4) is 17.2 Å². The summed E-state index contributed by atoms with van der Waals surface area (Å²) in [5.74, 6) is 1.13. The number of phenolic OH excluding ortho intramolecular Hbond substituents is 1. The largest absolute Gasteiger partial charge is 0.508 e. The standard InChI is InChI=1S/C11H16O4/c1-7(12)4-8-5-10(14-2)11(15-3)6-9(8)13/h5-7,12-13H,4H2,1-3H3. The Morgan fingerprint density at radius 1 is 1.20 bits per heavy atom. The minimum absolute atomic E-state index is 0.105. The van der Waals surface area contributed by atoms with Gasteiger partial charge in [-0.25, -0.2) is 0 Å². The first kappa shape index (κ1) is 11.7. The van der Waals surface area contributed by atoms with Gasteiger partial charge < -0.3 is 19.7 Å². The molecule has 1 aromatic carbocycles. The highest BCUT2D eigenvalue weighted by molar-refractivity contribution is 5.50. The Balaban J connectivity index is 3.08. The molecule has 0 aliphatic heterocycles. The zero-order valence-corrected chi connectivity index (χ0v) is 9.15. The lowest BCUT2D eigenvalue weighted by atomic mass is 10.1. The van der Waals surface area contributed by atoms with Crippen LogP contribution in [0.25, 0.3) is 0 Å². The molecule has 4 nitrogen and oxygen atoms in total. The highest BCUT2D eigenvalue weighted by Crippen LogP contribution is 2.34. The normalized spacial score (nSPS) is 12.3. The van der Waals surface area contributed by atoms with E-state index in [-0.39, 0.29) is 5.75 Å². The number of aliphatic hydroxyl groups excluding tert-OH is 1. The van der Waals surface area contributed by atoms with Crippen molar-refractivity contribution < 1.29 is 19.7 Å². The van der Waals surface area contributed by atoms with E-state index in [2.05, 4.69) is 0 Å². The number of phenols is 1. The highest BCUT2D eigenvalue weighted by Gasteiger charge is 2.11. The minimum Gasteiger partial charge on any atom is -0.508 e. The number of hydrogen-bond donors (Lipinski definition) is 2. The lowest BCUT2D eigenvalue weighted by molar-refractivity contribution is 0.194. The molecular weight excluding hydrogens is 196 g/mol. The summed E-state index contributed by atoms with van der Waals surface area (Å²) in [6, 6.07) is 3.15. The van der Waals surface area contributed by atoms with Crippen LogP contribution in [0, 0.1) is 0 Å². The molecule has 1 rings (SSSR count). The molecule has 0 fully saturated rings. The fourth-order valence-electron chi connectivity index (χ4n) is 1.39. The molecular formula is C11H16O4. The number of ether oxygens (including phenoxy) is 2. The Bertz CT molecular complexity index is 334. The Morgan fingerprint density at radius 2 is 1.73 bits per heavy atom. The van der Waals surface area contributed by atoms with Crippen molar-refractivity contribution in [2.75, 3.05) is 14.2 Å². The fraction of sp³-hybridized carbons (Fsp3) is 0.455. The van der Waals surface area contributed by atoms with Crippen molar-refractivity contribution in [3.05, 3.63) is 17.7 Å². The molecule has 0 amide bonds. The predicted molar refractivity (Wildman–Crippen MR) is 56.6 cm³/mol. The van der Waals surface area contributed by atoms with Crippen molar-refractivity contribution >= 4 is 0 Å². The number of aromatic hydroxyl groups is 1. The van der Waals surface area contributed by atoms with Gasteiger partial charge in [0.25, 0.3) is 0 Å². The third-order valence-electron chi connectivity index (χ3n) is 2.10. The first-order valence-corrected chi connectivity index (χ1v) is 4.70. The van der Waals surface area contributed by atoms with Gasteiger partial charge in [0, 0.05) is 18.1 Å². The molecule has 0 bridgehead atoms. The predicted octanol–water partition coefficient (Wildman–Crippen LogP) is 1.33. The van der Waals surface area contributed by atoms with Gasteiger partial charge in [-0.15, -0.1) is 0 Å². The van der Waals surface area contributed by atoms with Crippen LogP contribution in [0.4, 0.5) is 0 Å². The Hall–Kier alpha value is -1.42. The minimum atomic E-state index is -0.506. The molecule has 15 heavy (non-hydrogen) atoms. The molecule has 4 heteroatoms. The van der Waals surface area contributed by atoms with E-state index in [0.29, 0.717) is 23.5 Å². The van der Waals surface area contributed by atoms with Gasteiger partial charge in [-0.3, -0.25) is 0 Å². The zero-order chi connectivity index (χ0) is 11.4. The van der Waals surface area contributed by atoms with Crippen molar-refractivity contribution in [1.29, 1.82) is 0 Å². The van der Waals surface area contributed by atoms with Crippen LogP contribution in [-0.4, -0.2) is 30.5 Å². The molecule has 1 atom stereocenters. The third-order valence-corrected chi connectivity index (χ3v) is 2.10. The van der Waals surface area contributed by atoms with Crippen molar-refractivity contribution in [1.82, 2.24) is 0 Å². The lowest BCUT2D eigenvalue weighted by Gasteiger charge is -2.12. The van der Waals surface area contributed by atoms with Crippen LogP contribution in [0.1, 0.15) is 12.5 Å². The maximum atomic E-state index is 9.64. The summed E-state index contributed by atoms with van der Waals surface area (Å²) in [6.45, 7) is 1.66. The van der Waals surface area contributed by atoms with Gasteiger partial charge >= 0.3 is 0 Å². The Kier molecular flexibility index (Phi) is 3.80. The number of hydrogen-bond acceptors (Lipinski definition) is 4. The summed E-state index contributed by atoms with van der Waals surface area (Å²) < 4.78 is 10.1. The summed E-state index contributed by atoms with van der Waals surface area (Å²) in [4.78, 5) is 0. The van der Waals surface area contributed by atoms with Crippen LogP contribution in [-0.2, 0) is 6.42 Å². The monoisotopic (exact) mass is 212 g/mol. The van der Waals surface area contributed by atoms with E-state index in [1.165, 1.54) is 20.3 Å². The van der Waals surface area contributed by atoms with E-state index in [4.69, 9.17) is 9.47 Å². The second-order valence-corrected chi connectivity index (χ2v) is 3.39. The molecule has 84 valence electrons. The second-order valence-electron chi connectivity index (χ2n) is 3.39. The van der Waals surface area contributed by atoms with E-state index >= 15 is 0 Å². The number of methoxy groups -OCH3 is 2. The summed E-state index contributed by atoms with van der Waals surface area (Å²) in [7, 11) is 3.03. The average Bonchev–Trinajstić information content (AvgIpc) is 2.19. The lowest BCUT2D eigenvalue weighted by Crippen LogP contribution is -2.05. The van der Waals surface area contributed by atoms with Crippen molar-refractivity contribution in [2.45, 2.75) is 19.4 Å². The topological polar surface area (TPSA) is 58.9 Å². The van der Waals surface area contributed by atoms with E-state index < -0.39 is 6.10 Å². The van der Waals surface area contributed by atoms with Gasteiger partial charge in [0.05, 0.1) is 20.3 Å². The number of rotatable bonds is 4. The fourth-order valence-corrected chi connectivity index (χ4v) is 1.39. The molecule has 0 heterocycles. The molecule has 2 N–H and O–H groups in total. The van der Waals surface area contributed by atoms with Crippen LogP contribution in [0.5, 0.6) is 17.2 Å². The van der Waals surface area contributed by atoms with Crippen LogP contribution in [0.3, 0.4) is 0 Å². The average molecular weight is 212 g/mol. The highest BCUT2D eigenvalue weighted by atomic mass is 16.5. The number of benzene rings is 1. The van der Waals surface area contributed by atoms with Gasteiger partial charge in [-0.05, 0) is 13.0 Å². The van der Waals surface area contributed by atoms with Gasteiger partial charge in [0.15, 0.2) is 11.5 Å². The maximum absolute atomic E-state index is 9.64. The third kappa shape index (κ3) is 2.76. The molecule has 0 saturated carbocycles. The first-order chi connectivity index (χ1) is 7.08. The first-order valence-electron chi connectivity index (χ1n) is 4.70. The molecule has 1 unspecified atom stereocenters. The summed E-state index contributed by atoms with van der Waals surface area (Å²) >= 11 is 0. The summed E-state index contributed by atoms with van der Waals surface area (Å²) in [5.41, 5.74) is 0.641. The van der Waals surface area contributed by atoms with Gasteiger partial charge in [0.2, 0.25) is 0 Å². The molecule has 0 saturated heterocycles. The van der Waals surface area contributed by atoms with E-state index in [0.717, 1.165) is 0 Å². The Labute approximate surface area is 89.1 Å². The summed E-state index contributed by atoms with van der Waals surface area (Å²) in [6.07, 6.45) is -0.124. The molecule has 0 spiro atoms. The summed E-state index contributed by atoms with van der Waals surface area (Å²) in [5, 5.41) is 18.9. The van der Waals surface area contributed by atoms with Gasteiger partial charge in [0.1, 0.15) is 5.75 Å².